The first-order valence-corrected chi connectivity index (χ1v) is 12.4. The Morgan fingerprint density at radius 3 is 1.25 bits per heavy atom. The van der Waals surface area contributed by atoms with Crippen LogP contribution in [0.2, 0.25) is 0 Å². The van der Waals surface area contributed by atoms with Crippen molar-refractivity contribution in [2.24, 2.45) is 0 Å². The fourth-order valence-electron chi connectivity index (χ4n) is 2.96. The van der Waals surface area contributed by atoms with E-state index in [-0.39, 0.29) is 41.5 Å². The molecular formula is C24H18O2Se2. The molecule has 1 aliphatic rings. The van der Waals surface area contributed by atoms with Gasteiger partial charge in [0.05, 0.1) is 0 Å². The van der Waals surface area contributed by atoms with E-state index in [2.05, 4.69) is 48.5 Å². The van der Waals surface area contributed by atoms with Gasteiger partial charge >= 0.3 is 178 Å². The molecule has 0 radical (unpaired) electrons. The molecule has 3 aromatic carbocycles. The summed E-state index contributed by atoms with van der Waals surface area (Å²) in [6.07, 6.45) is 0. The van der Waals surface area contributed by atoms with Gasteiger partial charge in [0, 0.05) is 0 Å². The molecule has 0 bridgehead atoms. The number of carbonyl (C=O) groups excluding carboxylic acids is 2. The van der Waals surface area contributed by atoms with E-state index in [9.17, 15) is 9.59 Å². The normalized spacial score (nSPS) is 13.6. The molecule has 0 unspecified atom stereocenters. The van der Waals surface area contributed by atoms with Crippen LogP contribution in [0.25, 0.3) is 0 Å². The van der Waals surface area contributed by atoms with Crippen LogP contribution in [0.3, 0.4) is 0 Å². The first-order valence-electron chi connectivity index (χ1n) is 8.94. The van der Waals surface area contributed by atoms with E-state index in [4.69, 9.17) is 0 Å². The molecule has 28 heavy (non-hydrogen) atoms. The Morgan fingerprint density at radius 1 is 0.536 bits per heavy atom. The summed E-state index contributed by atoms with van der Waals surface area (Å²) in [6, 6.07) is 23.7. The topological polar surface area (TPSA) is 34.1 Å². The van der Waals surface area contributed by atoms with Crippen LogP contribution in [0.4, 0.5) is 0 Å². The molecule has 1 aliphatic carbocycles. The molecule has 0 heterocycles. The van der Waals surface area contributed by atoms with Crippen molar-refractivity contribution in [3.05, 3.63) is 104 Å². The third kappa shape index (κ3) is 3.83. The van der Waals surface area contributed by atoms with Gasteiger partial charge in [-0.15, -0.1) is 0 Å². The van der Waals surface area contributed by atoms with Gasteiger partial charge in [0.15, 0.2) is 0 Å². The Balaban J connectivity index is 1.80. The number of hydrogen-bond acceptors (Lipinski definition) is 2. The number of fused-ring (bicyclic) bond motifs is 1. The maximum absolute atomic E-state index is 13.3. The summed E-state index contributed by atoms with van der Waals surface area (Å²) < 4.78 is 3.65. The molecule has 0 aromatic heterocycles. The first-order chi connectivity index (χ1) is 13.5. The Kier molecular flexibility index (Phi) is 5.48. The SMILES string of the molecule is Cc1ccc([Se]C2=C([Se]c3ccc(C)cc3)C(=O)c3ccccc3C2=O)cc1. The Labute approximate surface area is 177 Å². The third-order valence-corrected chi connectivity index (χ3v) is 9.79. The molecule has 0 saturated heterocycles. The molecule has 0 atom stereocenters. The molecule has 4 rings (SSSR count). The Morgan fingerprint density at radius 2 is 0.893 bits per heavy atom. The van der Waals surface area contributed by atoms with E-state index < -0.39 is 0 Å². The molecular weight excluding hydrogens is 478 g/mol. The van der Waals surface area contributed by atoms with Gasteiger partial charge in [0.1, 0.15) is 0 Å². The van der Waals surface area contributed by atoms with Crippen molar-refractivity contribution in [3.8, 4) is 0 Å². The number of aryl methyl sites for hydroxylation is 2. The quantitative estimate of drug-likeness (QED) is 0.521. The Bertz CT molecular complexity index is 1010. The van der Waals surface area contributed by atoms with Crippen LogP contribution in [0.1, 0.15) is 31.8 Å². The van der Waals surface area contributed by atoms with Gasteiger partial charge < -0.3 is 0 Å². The van der Waals surface area contributed by atoms with Crippen LogP contribution in [-0.2, 0) is 0 Å². The second kappa shape index (κ2) is 8.03. The van der Waals surface area contributed by atoms with Gasteiger partial charge in [0.25, 0.3) is 0 Å². The molecule has 2 nitrogen and oxygen atoms in total. The number of allylic oxidation sites excluding steroid dienone is 2. The van der Waals surface area contributed by atoms with Crippen molar-refractivity contribution in [2.75, 3.05) is 0 Å². The number of rotatable bonds is 4. The van der Waals surface area contributed by atoms with Crippen LogP contribution in [0.5, 0.6) is 0 Å². The zero-order valence-corrected chi connectivity index (χ0v) is 19.0. The van der Waals surface area contributed by atoms with Gasteiger partial charge in [-0.1, -0.05) is 0 Å². The van der Waals surface area contributed by atoms with Gasteiger partial charge in [-0.05, 0) is 0 Å². The zero-order chi connectivity index (χ0) is 19.7. The van der Waals surface area contributed by atoms with Crippen molar-refractivity contribution in [1.82, 2.24) is 0 Å². The summed E-state index contributed by atoms with van der Waals surface area (Å²) in [5.74, 6) is 0.0273. The van der Waals surface area contributed by atoms with Crippen molar-refractivity contribution in [3.63, 3.8) is 0 Å². The van der Waals surface area contributed by atoms with Crippen molar-refractivity contribution in [2.45, 2.75) is 13.8 Å². The van der Waals surface area contributed by atoms with E-state index in [1.807, 2.05) is 26.0 Å². The summed E-state index contributed by atoms with van der Waals surface area (Å²) >= 11 is -0.397. The molecule has 0 saturated carbocycles. The van der Waals surface area contributed by atoms with Crippen molar-refractivity contribution < 1.29 is 9.59 Å². The predicted molar refractivity (Wildman–Crippen MR) is 115 cm³/mol. The second-order valence-electron chi connectivity index (χ2n) is 6.69. The monoisotopic (exact) mass is 498 g/mol. The molecule has 0 spiro atoms. The van der Waals surface area contributed by atoms with Gasteiger partial charge in [-0.2, -0.15) is 0 Å². The Hall–Kier alpha value is -2.22. The molecule has 0 fully saturated rings. The summed E-state index contributed by atoms with van der Waals surface area (Å²) in [4.78, 5) is 26.6. The van der Waals surface area contributed by atoms with Gasteiger partial charge in [0.2, 0.25) is 0 Å². The maximum atomic E-state index is 13.3. The van der Waals surface area contributed by atoms with E-state index >= 15 is 0 Å². The summed E-state index contributed by atoms with van der Waals surface area (Å²) in [5.41, 5.74) is 3.46. The minimum atomic E-state index is -0.199. The number of hydrogen-bond donors (Lipinski definition) is 0. The number of carbonyl (C=O) groups is 2. The van der Waals surface area contributed by atoms with E-state index in [0.717, 1.165) is 8.92 Å². The van der Waals surface area contributed by atoms with E-state index in [1.165, 1.54) is 11.1 Å². The van der Waals surface area contributed by atoms with Crippen molar-refractivity contribution in [1.29, 1.82) is 0 Å². The zero-order valence-electron chi connectivity index (χ0n) is 15.6. The van der Waals surface area contributed by atoms with Gasteiger partial charge in [-0.3, -0.25) is 0 Å². The second-order valence-corrected chi connectivity index (χ2v) is 11.2. The standard InChI is InChI=1S/C24H18O2Se2/c1-15-7-11-17(12-8-15)27-23-21(25)19-5-3-4-6-20(19)22(26)24(23)28-18-13-9-16(2)10-14-18/h3-14H,1-2H3. The van der Waals surface area contributed by atoms with Crippen LogP contribution in [0, 0.1) is 13.8 Å². The van der Waals surface area contributed by atoms with Crippen LogP contribution >= 0.6 is 0 Å². The van der Waals surface area contributed by atoms with E-state index in [0.29, 0.717) is 20.1 Å². The fraction of sp³-hybridized carbons (Fsp3) is 0.0833. The molecule has 4 heteroatoms. The number of Topliss-reactive ketones (excluding diaryl/α,β-unsaturated/α-hetero) is 2. The van der Waals surface area contributed by atoms with Crippen molar-refractivity contribution >= 4 is 50.4 Å². The minimum absolute atomic E-state index is 0.0137. The summed E-state index contributed by atoms with van der Waals surface area (Å²) in [6.45, 7) is 4.10. The molecule has 3 aromatic rings. The molecule has 138 valence electrons. The molecule has 0 N–H and O–H groups in total. The summed E-state index contributed by atoms with van der Waals surface area (Å²) in [5, 5.41) is 0. The van der Waals surface area contributed by atoms with Crippen LogP contribution < -0.4 is 8.92 Å². The fourth-order valence-corrected chi connectivity index (χ4v) is 7.63. The van der Waals surface area contributed by atoms with Gasteiger partial charge in [-0.25, -0.2) is 0 Å². The van der Waals surface area contributed by atoms with Crippen LogP contribution in [-0.4, -0.2) is 41.5 Å². The number of benzene rings is 3. The first kappa shape index (κ1) is 19.1. The average molecular weight is 496 g/mol. The molecule has 0 amide bonds. The van der Waals surface area contributed by atoms with E-state index in [1.54, 1.807) is 12.1 Å². The third-order valence-electron chi connectivity index (χ3n) is 4.52. The predicted octanol–water partition coefficient (Wildman–Crippen LogP) is 2.95. The summed E-state index contributed by atoms with van der Waals surface area (Å²) in [7, 11) is 0. The molecule has 0 aliphatic heterocycles. The average Bonchev–Trinajstić information content (AvgIpc) is 2.71. The number of ketones is 2. The van der Waals surface area contributed by atoms with Crippen LogP contribution in [0.15, 0.2) is 81.7 Å².